The first-order chi connectivity index (χ1) is 14.6. The van der Waals surface area contributed by atoms with Crippen LogP contribution in [0.3, 0.4) is 0 Å². The first kappa shape index (κ1) is 20.5. The lowest BCUT2D eigenvalue weighted by Gasteiger charge is -2.36. The van der Waals surface area contributed by atoms with Crippen LogP contribution >= 0.6 is 0 Å². The van der Waals surface area contributed by atoms with E-state index >= 15 is 0 Å². The number of hydrogen-bond acceptors (Lipinski definition) is 7. The number of nitrogens with zero attached hydrogens (tertiary/aromatic N) is 4. The Morgan fingerprint density at radius 2 is 1.90 bits per heavy atom. The predicted molar refractivity (Wildman–Crippen MR) is 110 cm³/mol. The smallest absolute Gasteiger partial charge is 0.321 e. The number of amides is 3. The molecule has 2 aliphatic rings. The van der Waals surface area contributed by atoms with Crippen molar-refractivity contribution in [1.82, 2.24) is 30.6 Å². The first-order valence-electron chi connectivity index (χ1n) is 10.5. The van der Waals surface area contributed by atoms with Crippen LogP contribution < -0.4 is 10.6 Å². The normalized spacial score (nSPS) is 18.7. The fourth-order valence-electron chi connectivity index (χ4n) is 3.57. The SMILES string of the molecule is CC(c1nc(Cc2ccccc2)no1)N1CCN(CC(=O)NC(=O)NC2CC2)CC1. The van der Waals surface area contributed by atoms with Crippen LogP contribution in [0, 0.1) is 0 Å². The minimum atomic E-state index is -0.391. The molecule has 3 amide bonds. The fraction of sp³-hybridized carbons (Fsp3) is 0.524. The molecule has 1 unspecified atom stereocenters. The Hall–Kier alpha value is -2.78. The van der Waals surface area contributed by atoms with E-state index in [4.69, 9.17) is 4.52 Å². The topological polar surface area (TPSA) is 104 Å². The van der Waals surface area contributed by atoms with Crippen molar-refractivity contribution < 1.29 is 14.1 Å². The van der Waals surface area contributed by atoms with Crippen LogP contribution in [-0.4, -0.2) is 70.6 Å². The molecule has 1 atom stereocenters. The van der Waals surface area contributed by atoms with E-state index in [1.807, 2.05) is 30.3 Å². The predicted octanol–water partition coefficient (Wildman–Crippen LogP) is 1.33. The van der Waals surface area contributed by atoms with Gasteiger partial charge in [0.05, 0.1) is 12.6 Å². The van der Waals surface area contributed by atoms with Crippen molar-refractivity contribution in [3.8, 4) is 0 Å². The van der Waals surface area contributed by atoms with Gasteiger partial charge in [-0.1, -0.05) is 35.5 Å². The van der Waals surface area contributed by atoms with Gasteiger partial charge in [-0.3, -0.25) is 19.9 Å². The van der Waals surface area contributed by atoms with Gasteiger partial charge in [0.2, 0.25) is 11.8 Å². The molecule has 1 aromatic carbocycles. The number of imide groups is 1. The zero-order chi connectivity index (χ0) is 20.9. The summed E-state index contributed by atoms with van der Waals surface area (Å²) in [4.78, 5) is 32.6. The summed E-state index contributed by atoms with van der Waals surface area (Å²) >= 11 is 0. The maximum Gasteiger partial charge on any atom is 0.321 e. The minimum absolute atomic E-state index is 0.0160. The second-order valence-electron chi connectivity index (χ2n) is 8.00. The molecule has 2 N–H and O–H groups in total. The summed E-state index contributed by atoms with van der Waals surface area (Å²) in [5, 5.41) is 9.28. The van der Waals surface area contributed by atoms with Crippen LogP contribution in [0.15, 0.2) is 34.9 Å². The molecule has 2 heterocycles. The van der Waals surface area contributed by atoms with E-state index in [-0.39, 0.29) is 24.5 Å². The summed E-state index contributed by atoms with van der Waals surface area (Å²) in [6, 6.07) is 9.94. The number of nitrogens with one attached hydrogen (secondary N) is 2. The number of carbonyl (C=O) groups is 2. The zero-order valence-electron chi connectivity index (χ0n) is 17.2. The van der Waals surface area contributed by atoms with Gasteiger partial charge in [-0.05, 0) is 25.3 Å². The van der Waals surface area contributed by atoms with Crippen LogP contribution in [0.25, 0.3) is 0 Å². The number of piperazine rings is 1. The molecule has 1 aromatic heterocycles. The van der Waals surface area contributed by atoms with Gasteiger partial charge in [-0.15, -0.1) is 0 Å². The monoisotopic (exact) mass is 412 g/mol. The summed E-state index contributed by atoms with van der Waals surface area (Å²) in [6.45, 7) is 5.35. The zero-order valence-corrected chi connectivity index (χ0v) is 17.2. The largest absolute Gasteiger partial charge is 0.338 e. The molecule has 0 radical (unpaired) electrons. The summed E-state index contributed by atoms with van der Waals surface area (Å²) in [7, 11) is 0. The number of urea groups is 1. The molecule has 1 aliphatic carbocycles. The minimum Gasteiger partial charge on any atom is -0.338 e. The Labute approximate surface area is 175 Å². The van der Waals surface area contributed by atoms with Crippen molar-refractivity contribution in [3.63, 3.8) is 0 Å². The van der Waals surface area contributed by atoms with E-state index in [2.05, 4.69) is 37.5 Å². The van der Waals surface area contributed by atoms with Crippen LogP contribution in [0.4, 0.5) is 4.79 Å². The molecule has 1 saturated heterocycles. The molecule has 2 aromatic rings. The molecule has 9 nitrogen and oxygen atoms in total. The van der Waals surface area contributed by atoms with Crippen LogP contribution in [0.1, 0.15) is 43.1 Å². The van der Waals surface area contributed by atoms with Crippen molar-refractivity contribution in [3.05, 3.63) is 47.6 Å². The van der Waals surface area contributed by atoms with Crippen molar-refractivity contribution in [2.75, 3.05) is 32.7 Å². The average Bonchev–Trinajstić information content (AvgIpc) is 3.43. The number of carbonyl (C=O) groups excluding carboxylic acids is 2. The Morgan fingerprint density at radius 1 is 1.17 bits per heavy atom. The highest BCUT2D eigenvalue weighted by Gasteiger charge is 2.27. The number of rotatable bonds is 7. The highest BCUT2D eigenvalue weighted by Crippen LogP contribution is 2.21. The van der Waals surface area contributed by atoms with Gasteiger partial charge >= 0.3 is 6.03 Å². The van der Waals surface area contributed by atoms with E-state index in [1.54, 1.807) is 0 Å². The molecule has 0 bridgehead atoms. The average molecular weight is 412 g/mol. The van der Waals surface area contributed by atoms with E-state index in [9.17, 15) is 9.59 Å². The van der Waals surface area contributed by atoms with Gasteiger partial charge in [0, 0.05) is 38.6 Å². The molecule has 1 aliphatic heterocycles. The molecule has 0 spiro atoms. The van der Waals surface area contributed by atoms with E-state index in [1.165, 1.54) is 0 Å². The molecular formula is C21H28N6O3. The number of aromatic nitrogens is 2. The molecule has 2 fully saturated rings. The van der Waals surface area contributed by atoms with Crippen molar-refractivity contribution >= 4 is 11.9 Å². The lowest BCUT2D eigenvalue weighted by Crippen LogP contribution is -2.51. The third-order valence-electron chi connectivity index (χ3n) is 5.53. The summed E-state index contributed by atoms with van der Waals surface area (Å²) in [5.41, 5.74) is 1.15. The Kier molecular flexibility index (Phi) is 6.39. The molecular weight excluding hydrogens is 384 g/mol. The van der Waals surface area contributed by atoms with E-state index in [0.29, 0.717) is 18.1 Å². The maximum absolute atomic E-state index is 12.1. The molecule has 160 valence electrons. The molecule has 30 heavy (non-hydrogen) atoms. The van der Waals surface area contributed by atoms with Gasteiger partial charge in [0.15, 0.2) is 5.82 Å². The van der Waals surface area contributed by atoms with Crippen LogP contribution in [-0.2, 0) is 11.2 Å². The standard InChI is InChI=1S/C21H28N6O3/c1-15(20-23-18(25-30-20)13-16-5-3-2-4-6-16)27-11-9-26(10-12-27)14-19(28)24-21(29)22-17-7-8-17/h2-6,15,17H,7-14H2,1H3,(H2,22,24,28,29). The Bertz CT molecular complexity index is 859. The summed E-state index contributed by atoms with van der Waals surface area (Å²) in [6.07, 6.45) is 2.64. The van der Waals surface area contributed by atoms with Crippen LogP contribution in [0.2, 0.25) is 0 Å². The van der Waals surface area contributed by atoms with Gasteiger partial charge in [0.25, 0.3) is 0 Å². The lowest BCUT2D eigenvalue weighted by atomic mass is 10.1. The maximum atomic E-state index is 12.1. The summed E-state index contributed by atoms with van der Waals surface area (Å²) in [5.74, 6) is 1.03. The second-order valence-corrected chi connectivity index (χ2v) is 8.00. The number of hydrogen-bond donors (Lipinski definition) is 2. The van der Waals surface area contributed by atoms with Gasteiger partial charge in [-0.2, -0.15) is 4.98 Å². The van der Waals surface area contributed by atoms with Gasteiger partial charge in [0.1, 0.15) is 0 Å². The highest BCUT2D eigenvalue weighted by molar-refractivity contribution is 5.95. The second kappa shape index (κ2) is 9.36. The van der Waals surface area contributed by atoms with Crippen molar-refractivity contribution in [2.24, 2.45) is 0 Å². The molecule has 1 saturated carbocycles. The van der Waals surface area contributed by atoms with E-state index < -0.39 is 6.03 Å². The van der Waals surface area contributed by atoms with Crippen molar-refractivity contribution in [2.45, 2.75) is 38.3 Å². The lowest BCUT2D eigenvalue weighted by molar-refractivity contribution is -0.121. The molecule has 9 heteroatoms. The van der Waals surface area contributed by atoms with Crippen LogP contribution in [0.5, 0.6) is 0 Å². The van der Waals surface area contributed by atoms with Gasteiger partial charge in [-0.25, -0.2) is 4.79 Å². The third-order valence-corrected chi connectivity index (χ3v) is 5.53. The number of benzene rings is 1. The summed E-state index contributed by atoms with van der Waals surface area (Å²) < 4.78 is 5.50. The molecule has 4 rings (SSSR count). The fourth-order valence-corrected chi connectivity index (χ4v) is 3.57. The van der Waals surface area contributed by atoms with Crippen molar-refractivity contribution in [1.29, 1.82) is 0 Å². The first-order valence-corrected chi connectivity index (χ1v) is 10.5. The Morgan fingerprint density at radius 3 is 2.60 bits per heavy atom. The van der Waals surface area contributed by atoms with Gasteiger partial charge < -0.3 is 9.84 Å². The Balaban J connectivity index is 1.21. The quantitative estimate of drug-likeness (QED) is 0.707. The highest BCUT2D eigenvalue weighted by atomic mass is 16.5. The van der Waals surface area contributed by atoms with E-state index in [0.717, 1.165) is 44.6 Å². The third kappa shape index (κ3) is 5.64.